The van der Waals surface area contributed by atoms with Gasteiger partial charge in [-0.25, -0.2) is 0 Å². The highest BCUT2D eigenvalue weighted by atomic mass is 16.5. The van der Waals surface area contributed by atoms with Gasteiger partial charge in [-0.1, -0.05) is 0 Å². The van der Waals surface area contributed by atoms with E-state index in [4.69, 9.17) is 10.5 Å². The van der Waals surface area contributed by atoms with E-state index in [0.29, 0.717) is 13.0 Å². The normalized spacial score (nSPS) is 10.7. The summed E-state index contributed by atoms with van der Waals surface area (Å²) in [6.07, 6.45) is 1.37. The molecule has 0 heterocycles. The Balaban J connectivity index is 3.26. The molecule has 0 aliphatic rings. The van der Waals surface area contributed by atoms with Gasteiger partial charge in [0.2, 0.25) is 5.91 Å². The minimum Gasteiger partial charge on any atom is -0.383 e. The summed E-state index contributed by atoms with van der Waals surface area (Å²) in [4.78, 5) is 13.2. The number of nitrogens with one attached hydrogen (secondary N) is 1. The van der Waals surface area contributed by atoms with Gasteiger partial charge in [0.1, 0.15) is 0 Å². The summed E-state index contributed by atoms with van der Waals surface area (Å²) in [5.74, 6) is 0.0389. The first-order valence-corrected chi connectivity index (χ1v) is 5.35. The first-order chi connectivity index (χ1) is 7.20. The van der Waals surface area contributed by atoms with Crippen LogP contribution in [0.5, 0.6) is 0 Å². The highest BCUT2D eigenvalue weighted by Gasteiger charge is 2.00. The minimum atomic E-state index is 0.0389. The van der Waals surface area contributed by atoms with Crippen LogP contribution in [-0.2, 0) is 9.53 Å². The number of hydrogen-bond donors (Lipinski definition) is 2. The maximum Gasteiger partial charge on any atom is 0.221 e. The number of likely N-dealkylation sites (N-methyl/N-ethyl adjacent to an activating group) is 1. The van der Waals surface area contributed by atoms with Crippen molar-refractivity contribution in [2.45, 2.75) is 12.8 Å². The molecule has 3 N–H and O–H groups in total. The molecule has 0 unspecified atom stereocenters. The van der Waals surface area contributed by atoms with E-state index in [2.05, 4.69) is 10.2 Å². The van der Waals surface area contributed by atoms with E-state index in [9.17, 15) is 4.79 Å². The quantitative estimate of drug-likeness (QED) is 0.507. The molecule has 0 atom stereocenters. The number of rotatable bonds is 9. The monoisotopic (exact) mass is 217 g/mol. The van der Waals surface area contributed by atoms with Crippen molar-refractivity contribution in [1.29, 1.82) is 0 Å². The van der Waals surface area contributed by atoms with Crippen LogP contribution >= 0.6 is 0 Å². The first kappa shape index (κ1) is 14.3. The van der Waals surface area contributed by atoms with Gasteiger partial charge in [0.25, 0.3) is 0 Å². The Labute approximate surface area is 91.9 Å². The third kappa shape index (κ3) is 9.65. The summed E-state index contributed by atoms with van der Waals surface area (Å²) < 4.78 is 4.96. The molecule has 0 fully saturated rings. The second-order valence-electron chi connectivity index (χ2n) is 3.54. The van der Waals surface area contributed by atoms with Gasteiger partial charge in [0, 0.05) is 33.2 Å². The Morgan fingerprint density at radius 2 is 2.20 bits per heavy atom. The van der Waals surface area contributed by atoms with Crippen LogP contribution in [0.25, 0.3) is 0 Å². The number of nitrogens with zero attached hydrogens (tertiary/aromatic N) is 1. The van der Waals surface area contributed by atoms with E-state index in [0.717, 1.165) is 32.7 Å². The van der Waals surface area contributed by atoms with Gasteiger partial charge < -0.3 is 20.7 Å². The average Bonchev–Trinajstić information content (AvgIpc) is 2.22. The Hall–Kier alpha value is -0.650. The van der Waals surface area contributed by atoms with E-state index < -0.39 is 0 Å². The van der Waals surface area contributed by atoms with Gasteiger partial charge in [-0.05, 0) is 20.0 Å². The maximum atomic E-state index is 11.0. The predicted octanol–water partition coefficient (Wildman–Crippen LogP) is -0.580. The molecular formula is C10H23N3O2. The zero-order valence-corrected chi connectivity index (χ0v) is 9.79. The fourth-order valence-corrected chi connectivity index (χ4v) is 1.16. The Bertz CT molecular complexity index is 165. The van der Waals surface area contributed by atoms with Gasteiger partial charge in [-0.15, -0.1) is 0 Å². The molecule has 0 saturated carbocycles. The predicted molar refractivity (Wildman–Crippen MR) is 60.7 cm³/mol. The summed E-state index contributed by atoms with van der Waals surface area (Å²) >= 11 is 0. The summed E-state index contributed by atoms with van der Waals surface area (Å²) in [7, 11) is 3.74. The van der Waals surface area contributed by atoms with Crippen LogP contribution in [0, 0.1) is 0 Å². The molecule has 0 aromatic rings. The van der Waals surface area contributed by atoms with Crippen molar-refractivity contribution in [2.75, 3.05) is 46.9 Å². The van der Waals surface area contributed by atoms with Crippen LogP contribution in [-0.4, -0.2) is 57.8 Å². The summed E-state index contributed by atoms with van der Waals surface area (Å²) in [5.41, 5.74) is 5.25. The van der Waals surface area contributed by atoms with Crippen molar-refractivity contribution in [3.05, 3.63) is 0 Å². The summed E-state index contributed by atoms with van der Waals surface area (Å²) in [6.45, 7) is 3.77. The second kappa shape index (κ2) is 9.89. The van der Waals surface area contributed by atoms with Crippen molar-refractivity contribution in [3.63, 3.8) is 0 Å². The molecule has 0 saturated heterocycles. The molecule has 0 radical (unpaired) electrons. The van der Waals surface area contributed by atoms with Gasteiger partial charge >= 0.3 is 0 Å². The third-order valence-electron chi connectivity index (χ3n) is 2.09. The molecular weight excluding hydrogens is 194 g/mol. The lowest BCUT2D eigenvalue weighted by Gasteiger charge is -2.15. The topological polar surface area (TPSA) is 67.6 Å². The van der Waals surface area contributed by atoms with Crippen LogP contribution in [0.15, 0.2) is 0 Å². The summed E-state index contributed by atoms with van der Waals surface area (Å²) in [5, 5.41) is 2.82. The Morgan fingerprint density at radius 1 is 1.47 bits per heavy atom. The second-order valence-corrected chi connectivity index (χ2v) is 3.54. The molecule has 5 nitrogen and oxygen atoms in total. The third-order valence-corrected chi connectivity index (χ3v) is 2.09. The molecule has 1 amide bonds. The molecule has 90 valence electrons. The lowest BCUT2D eigenvalue weighted by molar-refractivity contribution is -0.120. The lowest BCUT2D eigenvalue weighted by Crippen LogP contribution is -2.30. The van der Waals surface area contributed by atoms with E-state index in [1.54, 1.807) is 7.11 Å². The SMILES string of the molecule is COCCN(C)CCCNC(=O)CCN. The van der Waals surface area contributed by atoms with E-state index >= 15 is 0 Å². The molecule has 0 aromatic carbocycles. The van der Waals surface area contributed by atoms with Gasteiger partial charge in [0.05, 0.1) is 6.61 Å². The highest BCUT2D eigenvalue weighted by Crippen LogP contribution is 1.86. The molecule has 0 rings (SSSR count). The van der Waals surface area contributed by atoms with Crippen molar-refractivity contribution >= 4 is 5.91 Å². The van der Waals surface area contributed by atoms with E-state index in [1.807, 2.05) is 7.05 Å². The number of carbonyl (C=O) groups is 1. The number of carbonyl (C=O) groups excluding carboxylic acids is 1. The largest absolute Gasteiger partial charge is 0.383 e. The minimum absolute atomic E-state index is 0.0389. The standard InChI is InChI=1S/C10H23N3O2/c1-13(8-9-15-2)7-3-6-12-10(14)4-5-11/h3-9,11H2,1-2H3,(H,12,14). The number of nitrogens with two attached hydrogens (primary N) is 1. The average molecular weight is 217 g/mol. The number of ether oxygens (including phenoxy) is 1. The van der Waals surface area contributed by atoms with E-state index in [-0.39, 0.29) is 5.91 Å². The van der Waals surface area contributed by atoms with Gasteiger partial charge in [-0.2, -0.15) is 0 Å². The number of methoxy groups -OCH3 is 1. The molecule has 0 aromatic heterocycles. The number of hydrogen-bond acceptors (Lipinski definition) is 4. The molecule has 0 aliphatic carbocycles. The lowest BCUT2D eigenvalue weighted by atomic mass is 10.3. The number of amides is 1. The molecule has 0 bridgehead atoms. The van der Waals surface area contributed by atoms with Crippen molar-refractivity contribution in [1.82, 2.24) is 10.2 Å². The van der Waals surface area contributed by atoms with Crippen molar-refractivity contribution in [3.8, 4) is 0 Å². The van der Waals surface area contributed by atoms with Crippen LogP contribution < -0.4 is 11.1 Å². The molecule has 15 heavy (non-hydrogen) atoms. The van der Waals surface area contributed by atoms with Gasteiger partial charge in [0.15, 0.2) is 0 Å². The molecule has 0 aliphatic heterocycles. The van der Waals surface area contributed by atoms with Crippen LogP contribution in [0.4, 0.5) is 0 Å². The van der Waals surface area contributed by atoms with Gasteiger partial charge in [-0.3, -0.25) is 4.79 Å². The molecule has 5 heteroatoms. The Morgan fingerprint density at radius 3 is 2.80 bits per heavy atom. The fourth-order valence-electron chi connectivity index (χ4n) is 1.16. The first-order valence-electron chi connectivity index (χ1n) is 5.35. The van der Waals surface area contributed by atoms with Crippen LogP contribution in [0.3, 0.4) is 0 Å². The highest BCUT2D eigenvalue weighted by molar-refractivity contribution is 5.75. The van der Waals surface area contributed by atoms with E-state index in [1.165, 1.54) is 0 Å². The zero-order chi connectivity index (χ0) is 11.5. The van der Waals surface area contributed by atoms with Crippen molar-refractivity contribution < 1.29 is 9.53 Å². The molecule has 0 spiro atoms. The smallest absolute Gasteiger partial charge is 0.221 e. The fraction of sp³-hybridized carbons (Fsp3) is 0.900. The Kier molecular flexibility index (Phi) is 9.46. The zero-order valence-electron chi connectivity index (χ0n) is 9.79. The van der Waals surface area contributed by atoms with Crippen LogP contribution in [0.2, 0.25) is 0 Å². The summed E-state index contributed by atoms with van der Waals surface area (Å²) in [6, 6.07) is 0. The maximum absolute atomic E-state index is 11.0. The van der Waals surface area contributed by atoms with Crippen LogP contribution in [0.1, 0.15) is 12.8 Å². The van der Waals surface area contributed by atoms with Crippen molar-refractivity contribution in [2.24, 2.45) is 5.73 Å².